The number of aromatic amines is 1. The molecule has 1 heterocycles. The van der Waals surface area contributed by atoms with Crippen LogP contribution >= 0.6 is 0 Å². The smallest absolute Gasteiger partial charge is 0.217 e. The SMILES string of the molecule is CC(=O)NC1CCc2cn[nH]c2C1. The molecule has 0 spiro atoms. The standard InChI is InChI=1S/C9H13N3O/c1-6(13)11-8-3-2-7-5-10-12-9(7)4-8/h5,8H,2-4H2,1H3,(H,10,12)(H,11,13). The highest BCUT2D eigenvalue weighted by Crippen LogP contribution is 2.18. The van der Waals surface area contributed by atoms with Crippen LogP contribution in [0.5, 0.6) is 0 Å². The first kappa shape index (κ1) is 8.29. The molecule has 1 atom stereocenters. The van der Waals surface area contributed by atoms with Crippen molar-refractivity contribution in [2.24, 2.45) is 0 Å². The monoisotopic (exact) mass is 179 g/mol. The molecular formula is C9H13N3O. The maximum atomic E-state index is 10.8. The fourth-order valence-corrected chi connectivity index (χ4v) is 1.82. The minimum atomic E-state index is 0.0490. The molecule has 1 aromatic heterocycles. The van der Waals surface area contributed by atoms with Crippen LogP contribution in [0.3, 0.4) is 0 Å². The summed E-state index contributed by atoms with van der Waals surface area (Å²) in [6, 6.07) is 0.283. The summed E-state index contributed by atoms with van der Waals surface area (Å²) in [7, 11) is 0. The van der Waals surface area contributed by atoms with Crippen molar-refractivity contribution in [3.8, 4) is 0 Å². The van der Waals surface area contributed by atoms with Crippen molar-refractivity contribution in [3.05, 3.63) is 17.5 Å². The largest absolute Gasteiger partial charge is 0.353 e. The number of carbonyl (C=O) groups is 1. The van der Waals surface area contributed by atoms with E-state index in [1.807, 2.05) is 6.20 Å². The van der Waals surface area contributed by atoms with E-state index >= 15 is 0 Å². The maximum Gasteiger partial charge on any atom is 0.217 e. The molecule has 1 unspecified atom stereocenters. The zero-order chi connectivity index (χ0) is 9.26. The van der Waals surface area contributed by atoms with Crippen LogP contribution in [-0.4, -0.2) is 22.1 Å². The first-order chi connectivity index (χ1) is 6.25. The molecule has 2 rings (SSSR count). The summed E-state index contributed by atoms with van der Waals surface area (Å²) in [6.07, 6.45) is 4.79. The van der Waals surface area contributed by atoms with Gasteiger partial charge in [0.25, 0.3) is 0 Å². The zero-order valence-electron chi connectivity index (χ0n) is 7.63. The molecule has 0 aromatic carbocycles. The van der Waals surface area contributed by atoms with Gasteiger partial charge < -0.3 is 5.32 Å². The highest BCUT2D eigenvalue weighted by atomic mass is 16.1. The van der Waals surface area contributed by atoms with Gasteiger partial charge >= 0.3 is 0 Å². The van der Waals surface area contributed by atoms with E-state index in [0.717, 1.165) is 19.3 Å². The van der Waals surface area contributed by atoms with E-state index in [-0.39, 0.29) is 11.9 Å². The van der Waals surface area contributed by atoms with E-state index in [1.54, 1.807) is 6.92 Å². The quantitative estimate of drug-likeness (QED) is 0.655. The average molecular weight is 179 g/mol. The van der Waals surface area contributed by atoms with Gasteiger partial charge in [0.15, 0.2) is 0 Å². The third-order valence-corrected chi connectivity index (χ3v) is 2.43. The van der Waals surface area contributed by atoms with Crippen LogP contribution in [0.2, 0.25) is 0 Å². The Bertz CT molecular complexity index is 318. The summed E-state index contributed by atoms with van der Waals surface area (Å²) in [6.45, 7) is 1.56. The van der Waals surface area contributed by atoms with Crippen LogP contribution in [0.1, 0.15) is 24.6 Å². The molecule has 0 saturated carbocycles. The lowest BCUT2D eigenvalue weighted by molar-refractivity contribution is -0.119. The molecule has 0 fully saturated rings. The van der Waals surface area contributed by atoms with Gasteiger partial charge in [0.2, 0.25) is 5.91 Å². The molecule has 13 heavy (non-hydrogen) atoms. The molecule has 1 amide bonds. The van der Waals surface area contributed by atoms with Gasteiger partial charge in [-0.05, 0) is 18.4 Å². The first-order valence-corrected chi connectivity index (χ1v) is 4.54. The second-order valence-corrected chi connectivity index (χ2v) is 3.51. The Morgan fingerprint density at radius 2 is 2.62 bits per heavy atom. The number of hydrogen-bond acceptors (Lipinski definition) is 2. The second-order valence-electron chi connectivity index (χ2n) is 3.51. The predicted octanol–water partition coefficient (Wildman–Crippen LogP) is 0.403. The fraction of sp³-hybridized carbons (Fsp3) is 0.556. The van der Waals surface area contributed by atoms with Crippen LogP contribution in [0.4, 0.5) is 0 Å². The molecule has 1 aliphatic rings. The normalized spacial score (nSPS) is 20.8. The Balaban J connectivity index is 2.04. The lowest BCUT2D eigenvalue weighted by atomic mass is 9.94. The first-order valence-electron chi connectivity index (χ1n) is 4.54. The van der Waals surface area contributed by atoms with Gasteiger partial charge in [-0.3, -0.25) is 9.89 Å². The third kappa shape index (κ3) is 1.71. The van der Waals surface area contributed by atoms with Gasteiger partial charge in [0, 0.05) is 25.1 Å². The van der Waals surface area contributed by atoms with Crippen molar-refractivity contribution in [2.75, 3.05) is 0 Å². The lowest BCUT2D eigenvalue weighted by Crippen LogP contribution is -2.37. The van der Waals surface area contributed by atoms with Crippen molar-refractivity contribution < 1.29 is 4.79 Å². The van der Waals surface area contributed by atoms with Gasteiger partial charge in [-0.2, -0.15) is 5.10 Å². The maximum absolute atomic E-state index is 10.8. The van der Waals surface area contributed by atoms with E-state index in [0.29, 0.717) is 0 Å². The van der Waals surface area contributed by atoms with Crippen molar-refractivity contribution in [1.82, 2.24) is 15.5 Å². The Hall–Kier alpha value is -1.32. The number of hydrogen-bond donors (Lipinski definition) is 2. The molecule has 0 aliphatic heterocycles. The van der Waals surface area contributed by atoms with Gasteiger partial charge in [-0.25, -0.2) is 0 Å². The number of rotatable bonds is 1. The van der Waals surface area contributed by atoms with E-state index in [4.69, 9.17) is 0 Å². The van der Waals surface area contributed by atoms with Crippen molar-refractivity contribution in [1.29, 1.82) is 0 Å². The number of aromatic nitrogens is 2. The Kier molecular flexibility index (Phi) is 2.04. The summed E-state index contributed by atoms with van der Waals surface area (Å²) in [5.74, 6) is 0.0490. The van der Waals surface area contributed by atoms with Gasteiger partial charge in [0.05, 0.1) is 6.20 Å². The molecule has 1 aromatic rings. The zero-order valence-corrected chi connectivity index (χ0v) is 7.63. The van der Waals surface area contributed by atoms with Gasteiger partial charge in [0.1, 0.15) is 0 Å². The van der Waals surface area contributed by atoms with Crippen LogP contribution in [0.15, 0.2) is 6.20 Å². The highest BCUT2D eigenvalue weighted by molar-refractivity contribution is 5.73. The van der Waals surface area contributed by atoms with Crippen LogP contribution in [0, 0.1) is 0 Å². The number of nitrogens with zero attached hydrogens (tertiary/aromatic N) is 1. The Labute approximate surface area is 76.7 Å². The van der Waals surface area contributed by atoms with Gasteiger partial charge in [-0.1, -0.05) is 0 Å². The van der Waals surface area contributed by atoms with Crippen molar-refractivity contribution in [2.45, 2.75) is 32.2 Å². The summed E-state index contributed by atoms with van der Waals surface area (Å²) >= 11 is 0. The van der Waals surface area contributed by atoms with Crippen LogP contribution in [-0.2, 0) is 17.6 Å². The lowest BCUT2D eigenvalue weighted by Gasteiger charge is -2.21. The molecule has 4 nitrogen and oxygen atoms in total. The molecule has 0 bridgehead atoms. The highest BCUT2D eigenvalue weighted by Gasteiger charge is 2.20. The van der Waals surface area contributed by atoms with Crippen LogP contribution in [0.25, 0.3) is 0 Å². The number of aryl methyl sites for hydroxylation is 1. The molecule has 2 N–H and O–H groups in total. The third-order valence-electron chi connectivity index (χ3n) is 2.43. The molecule has 0 saturated heterocycles. The number of fused-ring (bicyclic) bond motifs is 1. The number of carbonyl (C=O) groups excluding carboxylic acids is 1. The number of H-pyrrole nitrogens is 1. The van der Waals surface area contributed by atoms with Crippen molar-refractivity contribution >= 4 is 5.91 Å². The summed E-state index contributed by atoms with van der Waals surface area (Å²) in [5.41, 5.74) is 2.46. The van der Waals surface area contributed by atoms with E-state index in [1.165, 1.54) is 11.3 Å². The summed E-state index contributed by atoms with van der Waals surface area (Å²) in [5, 5.41) is 9.86. The number of amides is 1. The minimum absolute atomic E-state index is 0.0490. The summed E-state index contributed by atoms with van der Waals surface area (Å²) < 4.78 is 0. The molecule has 4 heteroatoms. The molecule has 0 radical (unpaired) electrons. The fourth-order valence-electron chi connectivity index (χ4n) is 1.82. The molecule has 70 valence electrons. The second kappa shape index (κ2) is 3.20. The van der Waals surface area contributed by atoms with Crippen molar-refractivity contribution in [3.63, 3.8) is 0 Å². The van der Waals surface area contributed by atoms with Crippen LogP contribution < -0.4 is 5.32 Å². The minimum Gasteiger partial charge on any atom is -0.353 e. The summed E-state index contributed by atoms with van der Waals surface area (Å²) in [4.78, 5) is 10.8. The topological polar surface area (TPSA) is 57.8 Å². The predicted molar refractivity (Wildman–Crippen MR) is 48.2 cm³/mol. The number of nitrogens with one attached hydrogen (secondary N) is 2. The van der Waals surface area contributed by atoms with E-state index < -0.39 is 0 Å². The Morgan fingerprint density at radius 1 is 1.77 bits per heavy atom. The van der Waals surface area contributed by atoms with E-state index in [2.05, 4.69) is 15.5 Å². The average Bonchev–Trinajstić information content (AvgIpc) is 2.49. The molecular weight excluding hydrogens is 166 g/mol. The van der Waals surface area contributed by atoms with E-state index in [9.17, 15) is 4.79 Å². The van der Waals surface area contributed by atoms with Gasteiger partial charge in [-0.15, -0.1) is 0 Å². The molecule has 1 aliphatic carbocycles. The Morgan fingerprint density at radius 3 is 3.38 bits per heavy atom.